The minimum absolute atomic E-state index is 0.498. The number of aromatic nitrogens is 1. The van der Waals surface area contributed by atoms with Crippen LogP contribution in [0.4, 0.5) is 5.69 Å². The zero-order valence-corrected chi connectivity index (χ0v) is 12.5. The fourth-order valence-corrected chi connectivity index (χ4v) is 2.56. The highest BCUT2D eigenvalue weighted by Crippen LogP contribution is 2.25. The third kappa shape index (κ3) is 3.96. The second kappa shape index (κ2) is 6.06. The predicted octanol–water partition coefficient (Wildman–Crippen LogP) is 3.66. The zero-order chi connectivity index (χ0) is 13.8. The highest BCUT2D eigenvalue weighted by Gasteiger charge is 2.06. The van der Waals surface area contributed by atoms with Gasteiger partial charge in [-0.15, -0.1) is 11.3 Å². The minimum Gasteiger partial charge on any atom is -0.491 e. The van der Waals surface area contributed by atoms with Crippen LogP contribution >= 0.6 is 11.3 Å². The van der Waals surface area contributed by atoms with E-state index in [0.29, 0.717) is 18.2 Å². The van der Waals surface area contributed by atoms with E-state index in [9.17, 15) is 0 Å². The Morgan fingerprint density at radius 2 is 2.16 bits per heavy atom. The molecule has 19 heavy (non-hydrogen) atoms. The van der Waals surface area contributed by atoms with Crippen LogP contribution in [0.1, 0.15) is 30.1 Å². The fraction of sp³-hybridized carbons (Fsp3) is 0.400. The molecule has 0 amide bonds. The third-order valence-electron chi connectivity index (χ3n) is 2.67. The second-order valence-corrected chi connectivity index (χ2v) is 6.08. The molecule has 2 rings (SSSR count). The summed E-state index contributed by atoms with van der Waals surface area (Å²) in [5.41, 5.74) is 8.97. The number of nitrogen functional groups attached to an aromatic ring is 1. The van der Waals surface area contributed by atoms with E-state index in [1.54, 1.807) is 11.3 Å². The fourth-order valence-electron chi connectivity index (χ4n) is 1.75. The van der Waals surface area contributed by atoms with Crippen LogP contribution in [0.5, 0.6) is 5.75 Å². The minimum atomic E-state index is 0.498. The number of nitrogens with two attached hydrogens (primary N) is 1. The van der Waals surface area contributed by atoms with Gasteiger partial charge in [-0.2, -0.15) is 0 Å². The molecule has 0 spiro atoms. The number of anilines is 1. The molecule has 2 N–H and O–H groups in total. The number of thiazole rings is 1. The maximum atomic E-state index is 6.02. The standard InChI is InChI=1S/C15H20N2OS/c1-10(2)8-18-14-5-4-12(6-13(14)16)7-15-17-11(3)9-19-15/h4-6,9-10H,7-8,16H2,1-3H3. The largest absolute Gasteiger partial charge is 0.491 e. The summed E-state index contributed by atoms with van der Waals surface area (Å²) in [5.74, 6) is 1.27. The third-order valence-corrected chi connectivity index (χ3v) is 3.63. The lowest BCUT2D eigenvalue weighted by Crippen LogP contribution is -2.06. The summed E-state index contributed by atoms with van der Waals surface area (Å²) in [5, 5.41) is 3.19. The van der Waals surface area contributed by atoms with Crippen molar-refractivity contribution in [2.75, 3.05) is 12.3 Å². The van der Waals surface area contributed by atoms with Gasteiger partial charge in [-0.3, -0.25) is 0 Å². The highest BCUT2D eigenvalue weighted by molar-refractivity contribution is 7.09. The van der Waals surface area contributed by atoms with Crippen LogP contribution in [0.2, 0.25) is 0 Å². The number of ether oxygens (including phenoxy) is 1. The van der Waals surface area contributed by atoms with Crippen LogP contribution in [0.25, 0.3) is 0 Å². The SMILES string of the molecule is Cc1csc(Cc2ccc(OCC(C)C)c(N)c2)n1. The van der Waals surface area contributed by atoms with Crippen molar-refractivity contribution < 1.29 is 4.74 Å². The van der Waals surface area contributed by atoms with Gasteiger partial charge in [0.1, 0.15) is 5.75 Å². The topological polar surface area (TPSA) is 48.1 Å². The van der Waals surface area contributed by atoms with Gasteiger partial charge in [0.15, 0.2) is 0 Å². The maximum absolute atomic E-state index is 6.02. The van der Waals surface area contributed by atoms with Crippen molar-refractivity contribution in [3.05, 3.63) is 39.8 Å². The van der Waals surface area contributed by atoms with E-state index < -0.39 is 0 Å². The normalized spacial score (nSPS) is 10.9. The quantitative estimate of drug-likeness (QED) is 0.848. The Labute approximate surface area is 118 Å². The van der Waals surface area contributed by atoms with Gasteiger partial charge in [0.2, 0.25) is 0 Å². The molecule has 2 aromatic rings. The van der Waals surface area contributed by atoms with Crippen molar-refractivity contribution in [2.45, 2.75) is 27.2 Å². The first-order chi connectivity index (χ1) is 9.04. The number of hydrogen-bond acceptors (Lipinski definition) is 4. The molecule has 1 aromatic carbocycles. The van der Waals surface area contributed by atoms with Crippen LogP contribution in [-0.2, 0) is 6.42 Å². The van der Waals surface area contributed by atoms with Gasteiger partial charge in [-0.05, 0) is 30.5 Å². The lowest BCUT2D eigenvalue weighted by atomic mass is 10.1. The van der Waals surface area contributed by atoms with Crippen LogP contribution in [0.3, 0.4) is 0 Å². The maximum Gasteiger partial charge on any atom is 0.142 e. The van der Waals surface area contributed by atoms with E-state index in [1.165, 1.54) is 5.56 Å². The Balaban J connectivity index is 2.06. The first-order valence-corrected chi connectivity index (χ1v) is 7.34. The van der Waals surface area contributed by atoms with Gasteiger partial charge in [-0.1, -0.05) is 19.9 Å². The van der Waals surface area contributed by atoms with Crippen molar-refractivity contribution in [1.82, 2.24) is 4.98 Å². The summed E-state index contributed by atoms with van der Waals surface area (Å²) in [6.07, 6.45) is 0.827. The molecule has 0 radical (unpaired) electrons. The van der Waals surface area contributed by atoms with Gasteiger partial charge in [0.05, 0.1) is 17.3 Å². The number of hydrogen-bond donors (Lipinski definition) is 1. The zero-order valence-electron chi connectivity index (χ0n) is 11.6. The van der Waals surface area contributed by atoms with Crippen LogP contribution in [0.15, 0.2) is 23.6 Å². The molecule has 0 bridgehead atoms. The van der Waals surface area contributed by atoms with E-state index in [0.717, 1.165) is 22.9 Å². The Morgan fingerprint density at radius 3 is 2.74 bits per heavy atom. The number of nitrogens with zero attached hydrogens (tertiary/aromatic N) is 1. The number of benzene rings is 1. The van der Waals surface area contributed by atoms with Crippen molar-refractivity contribution >= 4 is 17.0 Å². The smallest absolute Gasteiger partial charge is 0.142 e. The highest BCUT2D eigenvalue weighted by atomic mass is 32.1. The van der Waals surface area contributed by atoms with E-state index in [4.69, 9.17) is 10.5 Å². The predicted molar refractivity (Wildman–Crippen MR) is 80.8 cm³/mol. The summed E-state index contributed by atoms with van der Waals surface area (Å²) >= 11 is 1.69. The van der Waals surface area contributed by atoms with Crippen LogP contribution in [-0.4, -0.2) is 11.6 Å². The Hall–Kier alpha value is -1.55. The Kier molecular flexibility index (Phi) is 4.43. The lowest BCUT2D eigenvalue weighted by Gasteiger charge is -2.11. The molecule has 0 atom stereocenters. The summed E-state index contributed by atoms with van der Waals surface area (Å²) in [6, 6.07) is 5.99. The van der Waals surface area contributed by atoms with E-state index in [2.05, 4.69) is 30.3 Å². The molecule has 1 heterocycles. The van der Waals surface area contributed by atoms with Crippen LogP contribution in [0, 0.1) is 12.8 Å². The Morgan fingerprint density at radius 1 is 1.37 bits per heavy atom. The van der Waals surface area contributed by atoms with Gasteiger partial charge < -0.3 is 10.5 Å². The Bertz CT molecular complexity index is 549. The number of rotatable bonds is 5. The average Bonchev–Trinajstić information content (AvgIpc) is 2.73. The molecular formula is C15H20N2OS. The van der Waals surface area contributed by atoms with Gasteiger partial charge in [0.25, 0.3) is 0 Å². The molecule has 0 fully saturated rings. The summed E-state index contributed by atoms with van der Waals surface area (Å²) in [6.45, 7) is 6.94. The van der Waals surface area contributed by atoms with Crippen molar-refractivity contribution in [1.29, 1.82) is 0 Å². The molecule has 1 aromatic heterocycles. The van der Waals surface area contributed by atoms with Crippen molar-refractivity contribution in [2.24, 2.45) is 5.92 Å². The first kappa shape index (κ1) is 13.9. The average molecular weight is 276 g/mol. The second-order valence-electron chi connectivity index (χ2n) is 5.14. The monoisotopic (exact) mass is 276 g/mol. The molecule has 0 aliphatic carbocycles. The van der Waals surface area contributed by atoms with E-state index in [-0.39, 0.29) is 0 Å². The van der Waals surface area contributed by atoms with Crippen molar-refractivity contribution in [3.8, 4) is 5.75 Å². The summed E-state index contributed by atoms with van der Waals surface area (Å²) < 4.78 is 5.67. The van der Waals surface area contributed by atoms with Crippen molar-refractivity contribution in [3.63, 3.8) is 0 Å². The summed E-state index contributed by atoms with van der Waals surface area (Å²) in [7, 11) is 0. The molecular weight excluding hydrogens is 256 g/mol. The van der Waals surface area contributed by atoms with Crippen LogP contribution < -0.4 is 10.5 Å². The molecule has 4 heteroatoms. The summed E-state index contributed by atoms with van der Waals surface area (Å²) in [4.78, 5) is 4.46. The number of aryl methyl sites for hydroxylation is 1. The molecule has 0 aliphatic heterocycles. The molecule has 0 unspecified atom stereocenters. The molecule has 0 saturated carbocycles. The van der Waals surface area contributed by atoms with E-state index in [1.807, 2.05) is 19.1 Å². The molecule has 3 nitrogen and oxygen atoms in total. The lowest BCUT2D eigenvalue weighted by molar-refractivity contribution is 0.272. The van der Waals surface area contributed by atoms with Gasteiger partial charge >= 0.3 is 0 Å². The first-order valence-electron chi connectivity index (χ1n) is 6.47. The molecule has 0 saturated heterocycles. The van der Waals surface area contributed by atoms with Gasteiger partial charge in [0, 0.05) is 17.5 Å². The molecule has 102 valence electrons. The van der Waals surface area contributed by atoms with E-state index >= 15 is 0 Å². The molecule has 0 aliphatic rings. The van der Waals surface area contributed by atoms with Gasteiger partial charge in [-0.25, -0.2) is 4.98 Å².